The molecule has 2 aromatic rings. The van der Waals surface area contributed by atoms with Crippen molar-refractivity contribution in [2.45, 2.75) is 63.9 Å². The lowest BCUT2D eigenvalue weighted by molar-refractivity contribution is 0.0529. The molecule has 0 bridgehead atoms. The van der Waals surface area contributed by atoms with E-state index >= 15 is 0 Å². The van der Waals surface area contributed by atoms with Crippen LogP contribution in [0.15, 0.2) is 68.8 Å². The molecule has 0 unspecified atom stereocenters. The summed E-state index contributed by atoms with van der Waals surface area (Å²) in [5.41, 5.74) is 1.86. The first kappa shape index (κ1) is 36.8. The number of nitrogens with one attached hydrogen (secondary N) is 2. The lowest BCUT2D eigenvalue weighted by atomic mass is 9.93. The monoisotopic (exact) mass is 701 g/mol. The van der Waals surface area contributed by atoms with E-state index in [-0.39, 0.29) is 23.5 Å². The second-order valence-corrected chi connectivity index (χ2v) is 15.3. The number of anilines is 1. The van der Waals surface area contributed by atoms with Crippen molar-refractivity contribution in [1.82, 2.24) is 14.6 Å². The van der Waals surface area contributed by atoms with Gasteiger partial charge in [0.25, 0.3) is 10.1 Å². The molecule has 0 aromatic heterocycles. The average Bonchev–Trinajstić information content (AvgIpc) is 3.01. The molecule has 48 heavy (non-hydrogen) atoms. The van der Waals surface area contributed by atoms with E-state index in [1.807, 2.05) is 64.1 Å². The molecular weight excluding hydrogens is 657 g/mol. The van der Waals surface area contributed by atoms with Crippen molar-refractivity contribution in [1.29, 1.82) is 0 Å². The Morgan fingerprint density at radius 1 is 0.896 bits per heavy atom. The van der Waals surface area contributed by atoms with Crippen molar-refractivity contribution < 1.29 is 35.3 Å². The number of benzene rings is 3. The number of nitrogens with zero attached hydrogens (tertiary/aromatic N) is 2. The summed E-state index contributed by atoms with van der Waals surface area (Å²) in [6, 6.07) is 14.9. The molecule has 0 saturated carbocycles. The van der Waals surface area contributed by atoms with Gasteiger partial charge in [-0.05, 0) is 78.8 Å². The van der Waals surface area contributed by atoms with Crippen molar-refractivity contribution in [3.8, 4) is 22.5 Å². The van der Waals surface area contributed by atoms with E-state index in [0.717, 1.165) is 43.3 Å². The van der Waals surface area contributed by atoms with Crippen molar-refractivity contribution in [2.75, 3.05) is 44.2 Å². The number of amides is 1. The standard InChI is InChI=1S/C34H44N4O8S2/c1-8-37(9-2)23-12-15-26-29(20-23)45-30-21-24(38(10-3)11-4)13-16-27(30)32(26)28-17-14-25(22-31(28)48(42,43)44)47(40,41)36-19-18-35-33(39)46-34(5,6)7/h12-17,20-22,36H,8-11,18-19H2,1-7H3,(H-,35,39,42,43,44)/p+1. The molecule has 0 saturated heterocycles. The second kappa shape index (κ2) is 14.6. The van der Waals surface area contributed by atoms with Crippen LogP contribution in [-0.2, 0) is 24.9 Å². The van der Waals surface area contributed by atoms with E-state index in [1.165, 1.54) is 12.1 Å². The maximum Gasteiger partial charge on any atom is 0.407 e. The molecule has 0 atom stereocenters. The smallest absolute Gasteiger partial charge is 0.407 e. The lowest BCUT2D eigenvalue weighted by Crippen LogP contribution is -2.37. The summed E-state index contributed by atoms with van der Waals surface area (Å²) in [7, 11) is -9.18. The van der Waals surface area contributed by atoms with Crippen LogP contribution in [0.2, 0.25) is 0 Å². The SMILES string of the molecule is CCN(CC)c1ccc2c(-c3ccc(S(=O)(=O)NCCNC(=O)OC(C)(C)C)cc3S(=O)(=O)O)c3ccc(=[N+](CC)CC)cc-3oc2c1. The highest BCUT2D eigenvalue weighted by Gasteiger charge is 2.27. The zero-order valence-corrected chi connectivity index (χ0v) is 30.1. The van der Waals surface area contributed by atoms with Gasteiger partial charge in [0.05, 0.1) is 11.0 Å². The molecular formula is C34H45N4O8S2+. The molecule has 1 amide bonds. The van der Waals surface area contributed by atoms with Crippen LogP contribution in [0, 0.1) is 0 Å². The fraction of sp³-hybridized carbons (Fsp3) is 0.412. The first-order chi connectivity index (χ1) is 22.5. The highest BCUT2D eigenvalue weighted by Crippen LogP contribution is 2.43. The van der Waals surface area contributed by atoms with Crippen LogP contribution in [0.3, 0.4) is 0 Å². The fourth-order valence-electron chi connectivity index (χ4n) is 5.57. The predicted octanol–water partition coefficient (Wildman–Crippen LogP) is 4.91. The highest BCUT2D eigenvalue weighted by molar-refractivity contribution is 7.89. The molecule has 0 radical (unpaired) electrons. The minimum Gasteiger partial charge on any atom is -0.456 e. The first-order valence-electron chi connectivity index (χ1n) is 15.9. The Labute approximate surface area is 282 Å². The minimum atomic E-state index is -4.93. The van der Waals surface area contributed by atoms with E-state index in [1.54, 1.807) is 20.8 Å². The molecule has 260 valence electrons. The Balaban J connectivity index is 1.88. The van der Waals surface area contributed by atoms with Crippen LogP contribution < -0.4 is 24.9 Å². The number of hydrogen-bond donors (Lipinski definition) is 3. The summed E-state index contributed by atoms with van der Waals surface area (Å²) in [5, 5.41) is 3.97. The average molecular weight is 702 g/mol. The summed E-state index contributed by atoms with van der Waals surface area (Å²) >= 11 is 0. The van der Waals surface area contributed by atoms with Crippen LogP contribution >= 0.6 is 0 Å². The van der Waals surface area contributed by atoms with Crippen molar-refractivity contribution >= 4 is 42.9 Å². The maximum atomic E-state index is 13.2. The van der Waals surface area contributed by atoms with Gasteiger partial charge in [-0.2, -0.15) is 8.42 Å². The predicted molar refractivity (Wildman–Crippen MR) is 187 cm³/mol. The molecule has 4 rings (SSSR count). The molecule has 2 aliphatic rings. The van der Waals surface area contributed by atoms with Gasteiger partial charge >= 0.3 is 6.09 Å². The Bertz CT molecular complexity index is 2060. The highest BCUT2D eigenvalue weighted by atomic mass is 32.2. The summed E-state index contributed by atoms with van der Waals surface area (Å²) in [6.45, 7) is 16.1. The molecule has 1 aliphatic heterocycles. The van der Waals surface area contributed by atoms with Gasteiger partial charge < -0.3 is 19.4 Å². The van der Waals surface area contributed by atoms with E-state index in [2.05, 4.69) is 19.5 Å². The van der Waals surface area contributed by atoms with E-state index in [0.29, 0.717) is 27.9 Å². The first-order valence-corrected chi connectivity index (χ1v) is 18.9. The van der Waals surface area contributed by atoms with Gasteiger partial charge in [-0.25, -0.2) is 22.5 Å². The van der Waals surface area contributed by atoms with Crippen molar-refractivity contribution in [3.63, 3.8) is 0 Å². The molecule has 14 heteroatoms. The molecule has 1 heterocycles. The van der Waals surface area contributed by atoms with Crippen LogP contribution in [-0.4, -0.2) is 72.4 Å². The third-order valence-electron chi connectivity index (χ3n) is 7.84. The summed E-state index contributed by atoms with van der Waals surface area (Å²) < 4.78 is 78.8. The van der Waals surface area contributed by atoms with Crippen LogP contribution in [0.4, 0.5) is 10.5 Å². The van der Waals surface area contributed by atoms with Crippen molar-refractivity contribution in [2.24, 2.45) is 0 Å². The Kier molecular flexibility index (Phi) is 11.2. The topological polar surface area (TPSA) is 158 Å². The maximum absolute atomic E-state index is 13.2. The van der Waals surface area contributed by atoms with Crippen LogP contribution in [0.25, 0.3) is 33.4 Å². The number of sulfonamides is 1. The number of alkyl carbamates (subject to hydrolysis) is 1. The number of ether oxygens (including phenoxy) is 1. The Morgan fingerprint density at radius 3 is 2.17 bits per heavy atom. The Morgan fingerprint density at radius 2 is 1.56 bits per heavy atom. The zero-order valence-electron chi connectivity index (χ0n) is 28.5. The Hall–Kier alpha value is -3.98. The number of hydrogen-bond acceptors (Lipinski definition) is 8. The van der Waals surface area contributed by atoms with Gasteiger partial charge in [-0.3, -0.25) is 4.55 Å². The molecule has 0 spiro atoms. The van der Waals surface area contributed by atoms with Gasteiger partial charge in [0.2, 0.25) is 15.4 Å². The third-order valence-corrected chi connectivity index (χ3v) is 10.2. The normalized spacial score (nSPS) is 12.3. The van der Waals surface area contributed by atoms with Gasteiger partial charge in [-0.15, -0.1) is 0 Å². The van der Waals surface area contributed by atoms with Gasteiger partial charge in [0.15, 0.2) is 0 Å². The van der Waals surface area contributed by atoms with Crippen LogP contribution in [0.5, 0.6) is 0 Å². The molecule has 12 nitrogen and oxygen atoms in total. The van der Waals surface area contributed by atoms with Gasteiger partial charge in [0, 0.05) is 66.1 Å². The molecule has 2 aromatic carbocycles. The van der Waals surface area contributed by atoms with Gasteiger partial charge in [0.1, 0.15) is 34.9 Å². The number of fused-ring (bicyclic) bond motifs is 2. The minimum absolute atomic E-state index is 0.0756. The summed E-state index contributed by atoms with van der Waals surface area (Å²) in [6.07, 6.45) is -0.706. The molecule has 0 fully saturated rings. The molecule has 1 aliphatic carbocycles. The van der Waals surface area contributed by atoms with Crippen molar-refractivity contribution in [3.05, 3.63) is 60.0 Å². The van der Waals surface area contributed by atoms with E-state index in [4.69, 9.17) is 9.15 Å². The molecule has 3 N–H and O–H groups in total. The van der Waals surface area contributed by atoms with E-state index in [9.17, 15) is 26.2 Å². The van der Waals surface area contributed by atoms with Crippen LogP contribution in [0.1, 0.15) is 48.5 Å². The fourth-order valence-corrected chi connectivity index (χ4v) is 7.42. The summed E-state index contributed by atoms with van der Waals surface area (Å²) in [4.78, 5) is 13.1. The number of carbonyl (C=O) groups is 1. The summed E-state index contributed by atoms with van der Waals surface area (Å²) in [5.74, 6) is 0.496. The quantitative estimate of drug-likeness (QED) is 0.0808. The largest absolute Gasteiger partial charge is 0.456 e. The van der Waals surface area contributed by atoms with Gasteiger partial charge in [-0.1, -0.05) is 6.07 Å². The van der Waals surface area contributed by atoms with E-state index < -0.39 is 36.7 Å². The number of rotatable bonds is 12. The zero-order chi connectivity index (χ0) is 35.4. The number of carbonyl (C=O) groups excluding carboxylic acids is 1. The third kappa shape index (κ3) is 8.35. The second-order valence-electron chi connectivity index (χ2n) is 12.1. The lowest BCUT2D eigenvalue weighted by Gasteiger charge is -2.22.